The van der Waals surface area contributed by atoms with Gasteiger partial charge in [-0.15, -0.1) is 0 Å². The van der Waals surface area contributed by atoms with Crippen molar-refractivity contribution in [3.63, 3.8) is 0 Å². The summed E-state index contributed by atoms with van der Waals surface area (Å²) in [4.78, 5) is 37.1. The van der Waals surface area contributed by atoms with E-state index in [-0.39, 0.29) is 36.2 Å². The largest absolute Gasteiger partial charge is 0.477 e. The van der Waals surface area contributed by atoms with Crippen LogP contribution >= 0.6 is 0 Å². The summed E-state index contributed by atoms with van der Waals surface area (Å²) >= 11 is 0. The van der Waals surface area contributed by atoms with E-state index < -0.39 is 18.1 Å². The predicted molar refractivity (Wildman–Crippen MR) is 243 cm³/mol. The molecular formula is C50H94NO7+. The minimum absolute atomic E-state index is 0.0517. The molecular weight excluding hydrogens is 727 g/mol. The van der Waals surface area contributed by atoms with E-state index in [2.05, 4.69) is 38.2 Å². The number of aliphatic carboxylic acids is 1. The van der Waals surface area contributed by atoms with Gasteiger partial charge in [0.25, 0.3) is 0 Å². The van der Waals surface area contributed by atoms with Gasteiger partial charge in [0, 0.05) is 19.3 Å². The number of carboxylic acid groups (broad SMARTS) is 1. The molecule has 2 atom stereocenters. The second-order valence-electron chi connectivity index (χ2n) is 17.7. The number of hydrogen-bond donors (Lipinski definition) is 1. The number of nitrogens with zero attached hydrogens (tertiary/aromatic N) is 1. The third-order valence-corrected chi connectivity index (χ3v) is 11.1. The van der Waals surface area contributed by atoms with Crippen LogP contribution in [0.5, 0.6) is 0 Å². The van der Waals surface area contributed by atoms with Crippen LogP contribution < -0.4 is 0 Å². The van der Waals surface area contributed by atoms with Crippen LogP contribution in [-0.4, -0.2) is 80.6 Å². The SMILES string of the molecule is CCCCCC/C=C/CCCCCCCCCC(=O)OC(COCCC(C(=O)O)[N+](C)(C)C)COC(=O)CCCCCCCCC/C=C/CCCCCCCCCC. The number of hydrogen-bond acceptors (Lipinski definition) is 6. The van der Waals surface area contributed by atoms with Crippen molar-refractivity contribution in [3.8, 4) is 0 Å². The Balaban J connectivity index is 4.26. The quantitative estimate of drug-likeness (QED) is 0.0283. The molecule has 0 amide bonds. The molecule has 0 rings (SSSR count). The van der Waals surface area contributed by atoms with Crippen molar-refractivity contribution in [1.29, 1.82) is 0 Å². The van der Waals surface area contributed by atoms with E-state index in [0.717, 1.165) is 38.5 Å². The number of carboxylic acids is 1. The van der Waals surface area contributed by atoms with Crippen LogP contribution in [0, 0.1) is 0 Å². The van der Waals surface area contributed by atoms with Crippen LogP contribution in [0.3, 0.4) is 0 Å². The molecule has 0 aromatic carbocycles. The fourth-order valence-corrected chi connectivity index (χ4v) is 7.26. The predicted octanol–water partition coefficient (Wildman–Crippen LogP) is 13.6. The summed E-state index contributed by atoms with van der Waals surface area (Å²) in [5.74, 6) is -1.47. The van der Waals surface area contributed by atoms with E-state index >= 15 is 0 Å². The van der Waals surface area contributed by atoms with Crippen molar-refractivity contribution in [2.45, 2.75) is 238 Å². The summed E-state index contributed by atoms with van der Waals surface area (Å²) in [5.41, 5.74) is 0. The third-order valence-electron chi connectivity index (χ3n) is 11.1. The molecule has 0 bridgehead atoms. The smallest absolute Gasteiger partial charge is 0.362 e. The molecule has 1 N–H and O–H groups in total. The molecule has 0 heterocycles. The summed E-state index contributed by atoms with van der Waals surface area (Å²) < 4.78 is 17.3. The van der Waals surface area contributed by atoms with Crippen LogP contribution in [0.1, 0.15) is 226 Å². The molecule has 8 heteroatoms. The lowest BCUT2D eigenvalue weighted by Gasteiger charge is -2.31. The monoisotopic (exact) mass is 821 g/mol. The zero-order chi connectivity index (χ0) is 42.8. The second kappa shape index (κ2) is 41.5. The second-order valence-corrected chi connectivity index (χ2v) is 17.7. The fraction of sp³-hybridized carbons (Fsp3) is 0.860. The van der Waals surface area contributed by atoms with Crippen LogP contribution in [0.15, 0.2) is 24.3 Å². The van der Waals surface area contributed by atoms with Crippen molar-refractivity contribution in [3.05, 3.63) is 24.3 Å². The summed E-state index contributed by atoms with van der Waals surface area (Å²) in [6.45, 7) is 4.74. The molecule has 0 saturated carbocycles. The van der Waals surface area contributed by atoms with Crippen molar-refractivity contribution in [2.75, 3.05) is 41.0 Å². The number of unbranched alkanes of at least 4 members (excludes halogenated alkanes) is 26. The molecule has 0 aliphatic heterocycles. The number of allylic oxidation sites excluding steroid dienone is 4. The van der Waals surface area contributed by atoms with Gasteiger partial charge in [0.2, 0.25) is 0 Å². The summed E-state index contributed by atoms with van der Waals surface area (Å²) in [6, 6.07) is -0.614. The Morgan fingerprint density at radius 1 is 0.500 bits per heavy atom. The van der Waals surface area contributed by atoms with E-state index in [1.807, 2.05) is 21.1 Å². The van der Waals surface area contributed by atoms with E-state index in [1.165, 1.54) is 154 Å². The number of rotatable bonds is 44. The van der Waals surface area contributed by atoms with Crippen LogP contribution in [0.2, 0.25) is 0 Å². The number of esters is 2. The summed E-state index contributed by atoms with van der Waals surface area (Å²) in [5, 5.41) is 9.63. The normalized spacial score (nSPS) is 13.1. The van der Waals surface area contributed by atoms with Gasteiger partial charge in [-0.2, -0.15) is 0 Å². The third kappa shape index (κ3) is 39.3. The number of likely N-dealkylation sites (N-methyl/N-ethyl adjacent to an activating group) is 1. The highest BCUT2D eigenvalue weighted by molar-refractivity contribution is 5.72. The first-order valence-electron chi connectivity index (χ1n) is 24.4. The van der Waals surface area contributed by atoms with E-state index in [0.29, 0.717) is 19.3 Å². The molecule has 0 radical (unpaired) electrons. The standard InChI is InChI=1S/C50H93NO7/c1-6-8-10-12-14-16-18-20-22-23-24-25-27-28-30-32-34-36-38-40-48(52)57-45-46(44-56-43-42-47(50(54)55)51(3,4)5)58-49(53)41-39-37-35-33-31-29-26-21-19-17-15-13-11-9-7-2/h17,19,23-24,46-47H,6-16,18,20-22,25-45H2,1-5H3/p+1/b19-17+,24-23+. The molecule has 0 spiro atoms. The lowest BCUT2D eigenvalue weighted by molar-refractivity contribution is -0.887. The Morgan fingerprint density at radius 2 is 0.862 bits per heavy atom. The highest BCUT2D eigenvalue weighted by Crippen LogP contribution is 2.15. The van der Waals surface area contributed by atoms with Crippen molar-refractivity contribution in [2.24, 2.45) is 0 Å². The molecule has 2 unspecified atom stereocenters. The molecule has 0 aliphatic carbocycles. The Kier molecular flexibility index (Phi) is 40.0. The Morgan fingerprint density at radius 3 is 1.26 bits per heavy atom. The van der Waals surface area contributed by atoms with Crippen LogP contribution in [-0.2, 0) is 28.6 Å². The number of ether oxygens (including phenoxy) is 3. The van der Waals surface area contributed by atoms with Gasteiger partial charge in [0.05, 0.1) is 34.4 Å². The summed E-state index contributed by atoms with van der Waals surface area (Å²) in [6.07, 6.45) is 46.5. The molecule has 58 heavy (non-hydrogen) atoms. The first-order chi connectivity index (χ1) is 28.1. The topological polar surface area (TPSA) is 99.1 Å². The van der Waals surface area contributed by atoms with Gasteiger partial charge in [-0.1, -0.05) is 167 Å². The average molecular weight is 821 g/mol. The average Bonchev–Trinajstić information content (AvgIpc) is 3.18. The van der Waals surface area contributed by atoms with Crippen molar-refractivity contribution < 1.29 is 38.2 Å². The Bertz CT molecular complexity index is 1000. The number of carbonyl (C=O) groups excluding carboxylic acids is 2. The molecule has 0 saturated heterocycles. The highest BCUT2D eigenvalue weighted by Gasteiger charge is 2.31. The Labute approximate surface area is 358 Å². The van der Waals surface area contributed by atoms with E-state index in [9.17, 15) is 19.5 Å². The maximum Gasteiger partial charge on any atom is 0.362 e. The van der Waals surface area contributed by atoms with Gasteiger partial charge in [0.1, 0.15) is 6.61 Å². The maximum atomic E-state index is 12.7. The van der Waals surface area contributed by atoms with Gasteiger partial charge in [0.15, 0.2) is 12.1 Å². The minimum Gasteiger partial charge on any atom is -0.477 e. The lowest BCUT2D eigenvalue weighted by Crippen LogP contribution is -2.50. The zero-order valence-corrected chi connectivity index (χ0v) is 38.8. The number of carbonyl (C=O) groups is 3. The maximum absolute atomic E-state index is 12.7. The highest BCUT2D eigenvalue weighted by atomic mass is 16.6. The molecule has 0 aliphatic rings. The van der Waals surface area contributed by atoms with Crippen molar-refractivity contribution >= 4 is 17.9 Å². The van der Waals surface area contributed by atoms with Gasteiger partial charge < -0.3 is 23.8 Å². The fourth-order valence-electron chi connectivity index (χ4n) is 7.26. The van der Waals surface area contributed by atoms with Gasteiger partial charge in [-0.05, 0) is 64.2 Å². The van der Waals surface area contributed by atoms with Crippen LogP contribution in [0.4, 0.5) is 0 Å². The number of quaternary nitrogens is 1. The van der Waals surface area contributed by atoms with Gasteiger partial charge in [-0.3, -0.25) is 9.59 Å². The van der Waals surface area contributed by atoms with Gasteiger partial charge in [-0.25, -0.2) is 4.79 Å². The molecule has 0 aromatic heterocycles. The molecule has 0 fully saturated rings. The lowest BCUT2D eigenvalue weighted by atomic mass is 10.1. The van der Waals surface area contributed by atoms with E-state index in [1.54, 1.807) is 0 Å². The minimum atomic E-state index is -0.874. The Hall–Kier alpha value is -2.19. The molecule has 340 valence electrons. The summed E-state index contributed by atoms with van der Waals surface area (Å²) in [7, 11) is 5.53. The first-order valence-corrected chi connectivity index (χ1v) is 24.4. The van der Waals surface area contributed by atoms with Gasteiger partial charge >= 0.3 is 17.9 Å². The van der Waals surface area contributed by atoms with E-state index in [4.69, 9.17) is 14.2 Å². The van der Waals surface area contributed by atoms with Crippen LogP contribution in [0.25, 0.3) is 0 Å². The zero-order valence-electron chi connectivity index (χ0n) is 38.8. The first kappa shape index (κ1) is 55.8. The molecule has 8 nitrogen and oxygen atoms in total. The van der Waals surface area contributed by atoms with Crippen molar-refractivity contribution in [1.82, 2.24) is 0 Å². The molecule has 0 aromatic rings.